The van der Waals surface area contributed by atoms with Crippen molar-refractivity contribution in [3.8, 4) is 0 Å². The maximum absolute atomic E-state index is 12.7. The van der Waals surface area contributed by atoms with E-state index >= 15 is 0 Å². The Hall–Kier alpha value is -1.70. The summed E-state index contributed by atoms with van der Waals surface area (Å²) in [5.41, 5.74) is 1.66. The molecular formula is C16H17N3O2S2. The van der Waals surface area contributed by atoms with Crippen LogP contribution in [-0.4, -0.2) is 26.2 Å². The second-order valence-electron chi connectivity index (χ2n) is 5.12. The number of thiazole rings is 1. The minimum absolute atomic E-state index is 0.0506. The van der Waals surface area contributed by atoms with Gasteiger partial charge in [-0.15, -0.1) is 11.3 Å². The van der Waals surface area contributed by atoms with Crippen LogP contribution in [-0.2, 0) is 12.3 Å². The van der Waals surface area contributed by atoms with Crippen LogP contribution >= 0.6 is 23.1 Å². The Kier molecular flexibility index (Phi) is 5.09. The van der Waals surface area contributed by atoms with E-state index < -0.39 is 0 Å². The quantitative estimate of drug-likeness (QED) is 0.548. The van der Waals surface area contributed by atoms with Gasteiger partial charge in [-0.05, 0) is 25.5 Å². The van der Waals surface area contributed by atoms with Gasteiger partial charge in [0.05, 0.1) is 16.7 Å². The second kappa shape index (κ2) is 7.25. The van der Waals surface area contributed by atoms with Gasteiger partial charge in [-0.3, -0.25) is 9.36 Å². The van der Waals surface area contributed by atoms with E-state index in [-0.39, 0.29) is 12.2 Å². The topological polar surface area (TPSA) is 68.0 Å². The van der Waals surface area contributed by atoms with Crippen LogP contribution in [0.15, 0.2) is 39.6 Å². The summed E-state index contributed by atoms with van der Waals surface area (Å²) in [5, 5.41) is 13.4. The number of benzene rings is 1. The molecule has 3 aromatic rings. The zero-order chi connectivity index (χ0) is 16.2. The largest absolute Gasteiger partial charge is 0.396 e. The molecule has 3 rings (SSSR count). The van der Waals surface area contributed by atoms with Gasteiger partial charge in [0.15, 0.2) is 5.16 Å². The molecule has 23 heavy (non-hydrogen) atoms. The molecule has 1 aromatic carbocycles. The highest BCUT2D eigenvalue weighted by Gasteiger charge is 2.12. The average molecular weight is 347 g/mol. The smallest absolute Gasteiger partial charge is 0.262 e. The molecule has 0 unspecified atom stereocenters. The molecule has 0 amide bonds. The monoisotopic (exact) mass is 347 g/mol. The van der Waals surface area contributed by atoms with Gasteiger partial charge >= 0.3 is 0 Å². The van der Waals surface area contributed by atoms with Crippen molar-refractivity contribution in [2.45, 2.75) is 30.8 Å². The molecule has 5 nitrogen and oxygen atoms in total. The Morgan fingerprint density at radius 3 is 2.87 bits per heavy atom. The van der Waals surface area contributed by atoms with Crippen LogP contribution in [0.25, 0.3) is 10.9 Å². The first-order chi connectivity index (χ1) is 11.2. The van der Waals surface area contributed by atoms with Gasteiger partial charge < -0.3 is 5.11 Å². The fourth-order valence-corrected chi connectivity index (χ4v) is 4.09. The van der Waals surface area contributed by atoms with E-state index in [0.717, 1.165) is 10.7 Å². The standard InChI is InChI=1S/C16H17N3O2S2/c1-11-9-22-14(17-11)10-23-16-18-13-6-3-2-5-12(13)15(21)19(16)7-4-8-20/h2-3,5-6,9,20H,4,7-8,10H2,1H3. The van der Waals surface area contributed by atoms with Crippen molar-refractivity contribution in [2.24, 2.45) is 0 Å². The number of hydrogen-bond donors (Lipinski definition) is 1. The van der Waals surface area contributed by atoms with Gasteiger partial charge in [0.2, 0.25) is 0 Å². The van der Waals surface area contributed by atoms with Crippen LogP contribution < -0.4 is 5.56 Å². The Morgan fingerprint density at radius 2 is 2.13 bits per heavy atom. The molecule has 7 heteroatoms. The molecule has 1 N–H and O–H groups in total. The number of aliphatic hydroxyl groups is 1. The van der Waals surface area contributed by atoms with Crippen LogP contribution in [0.1, 0.15) is 17.1 Å². The fourth-order valence-electron chi connectivity index (χ4n) is 2.28. The Bertz CT molecular complexity index is 873. The van der Waals surface area contributed by atoms with E-state index in [9.17, 15) is 4.79 Å². The summed E-state index contributed by atoms with van der Waals surface area (Å²) in [6.07, 6.45) is 0.532. The number of thioether (sulfide) groups is 1. The van der Waals surface area contributed by atoms with Crippen molar-refractivity contribution in [1.29, 1.82) is 0 Å². The lowest BCUT2D eigenvalue weighted by molar-refractivity contribution is 0.276. The summed E-state index contributed by atoms with van der Waals surface area (Å²) >= 11 is 3.12. The second-order valence-corrected chi connectivity index (χ2v) is 7.00. The number of para-hydroxylation sites is 1. The first kappa shape index (κ1) is 16.2. The summed E-state index contributed by atoms with van der Waals surface area (Å²) in [4.78, 5) is 21.8. The van der Waals surface area contributed by atoms with Gasteiger partial charge in [-0.25, -0.2) is 9.97 Å². The van der Waals surface area contributed by atoms with Crippen LogP contribution in [0.4, 0.5) is 0 Å². The van der Waals surface area contributed by atoms with E-state index in [0.29, 0.717) is 34.8 Å². The van der Waals surface area contributed by atoms with E-state index in [4.69, 9.17) is 5.11 Å². The molecule has 0 bridgehead atoms. The SMILES string of the molecule is Cc1csc(CSc2nc3ccccc3c(=O)n2CCCO)n1. The van der Waals surface area contributed by atoms with Crippen molar-refractivity contribution in [3.63, 3.8) is 0 Å². The van der Waals surface area contributed by atoms with Gasteiger partial charge in [0.1, 0.15) is 5.01 Å². The lowest BCUT2D eigenvalue weighted by Crippen LogP contribution is -2.24. The molecule has 2 heterocycles. The minimum Gasteiger partial charge on any atom is -0.396 e. The van der Waals surface area contributed by atoms with Crippen LogP contribution in [0.3, 0.4) is 0 Å². The normalized spacial score (nSPS) is 11.2. The third kappa shape index (κ3) is 3.63. The Labute approximate surface area is 142 Å². The molecule has 0 radical (unpaired) electrons. The Balaban J connectivity index is 1.97. The minimum atomic E-state index is -0.0538. The number of hydrogen-bond acceptors (Lipinski definition) is 6. The number of aryl methyl sites for hydroxylation is 1. The highest BCUT2D eigenvalue weighted by Crippen LogP contribution is 2.24. The van der Waals surface area contributed by atoms with Crippen LogP contribution in [0.2, 0.25) is 0 Å². The fraction of sp³-hybridized carbons (Fsp3) is 0.312. The molecule has 0 saturated heterocycles. The van der Waals surface area contributed by atoms with E-state index in [1.54, 1.807) is 22.0 Å². The van der Waals surface area contributed by atoms with Crippen molar-refractivity contribution in [3.05, 3.63) is 50.7 Å². The van der Waals surface area contributed by atoms with Crippen molar-refractivity contribution in [2.75, 3.05) is 6.61 Å². The molecule has 0 aliphatic rings. The number of fused-ring (bicyclic) bond motifs is 1. The van der Waals surface area contributed by atoms with Crippen molar-refractivity contribution in [1.82, 2.24) is 14.5 Å². The number of nitrogens with zero attached hydrogens (tertiary/aromatic N) is 3. The highest BCUT2D eigenvalue weighted by atomic mass is 32.2. The van der Waals surface area contributed by atoms with Gasteiger partial charge in [-0.1, -0.05) is 23.9 Å². The molecule has 2 aromatic heterocycles. The molecule has 0 atom stereocenters. The number of aromatic nitrogens is 3. The summed E-state index contributed by atoms with van der Waals surface area (Å²) in [5.74, 6) is 0.683. The molecule has 0 spiro atoms. The summed E-state index contributed by atoms with van der Waals surface area (Å²) in [6.45, 7) is 2.48. The zero-order valence-electron chi connectivity index (χ0n) is 12.7. The summed E-state index contributed by atoms with van der Waals surface area (Å²) < 4.78 is 1.66. The van der Waals surface area contributed by atoms with E-state index in [2.05, 4.69) is 9.97 Å². The maximum atomic E-state index is 12.7. The first-order valence-electron chi connectivity index (χ1n) is 7.33. The molecule has 0 aliphatic carbocycles. The molecule has 120 valence electrons. The van der Waals surface area contributed by atoms with Crippen LogP contribution in [0, 0.1) is 6.92 Å². The number of aliphatic hydroxyl groups excluding tert-OH is 1. The van der Waals surface area contributed by atoms with Crippen LogP contribution in [0.5, 0.6) is 0 Å². The van der Waals surface area contributed by atoms with Gasteiger partial charge in [0.25, 0.3) is 5.56 Å². The lowest BCUT2D eigenvalue weighted by atomic mass is 10.2. The van der Waals surface area contributed by atoms with Crippen molar-refractivity contribution < 1.29 is 5.11 Å². The zero-order valence-corrected chi connectivity index (χ0v) is 14.4. The van der Waals surface area contributed by atoms with E-state index in [1.165, 1.54) is 11.8 Å². The Morgan fingerprint density at radius 1 is 1.30 bits per heavy atom. The summed E-state index contributed by atoms with van der Waals surface area (Å²) in [7, 11) is 0. The predicted molar refractivity (Wildman–Crippen MR) is 94.1 cm³/mol. The highest BCUT2D eigenvalue weighted by molar-refractivity contribution is 7.98. The summed E-state index contributed by atoms with van der Waals surface area (Å²) in [6, 6.07) is 7.36. The average Bonchev–Trinajstić information content (AvgIpc) is 2.98. The van der Waals surface area contributed by atoms with Crippen molar-refractivity contribution >= 4 is 34.0 Å². The predicted octanol–water partition coefficient (Wildman–Crippen LogP) is 2.84. The lowest BCUT2D eigenvalue weighted by Gasteiger charge is -2.12. The molecular weight excluding hydrogens is 330 g/mol. The van der Waals surface area contributed by atoms with Gasteiger partial charge in [-0.2, -0.15) is 0 Å². The van der Waals surface area contributed by atoms with E-state index in [1.807, 2.05) is 30.5 Å². The van der Waals surface area contributed by atoms with Gasteiger partial charge in [0, 0.05) is 24.2 Å². The first-order valence-corrected chi connectivity index (χ1v) is 9.20. The molecule has 0 fully saturated rings. The maximum Gasteiger partial charge on any atom is 0.262 e. The molecule has 0 saturated carbocycles. The number of rotatable bonds is 6. The molecule has 0 aliphatic heterocycles. The third-order valence-electron chi connectivity index (χ3n) is 3.36. The third-order valence-corrected chi connectivity index (χ3v) is 5.49.